The van der Waals surface area contributed by atoms with Gasteiger partial charge in [-0.3, -0.25) is 4.79 Å². The first kappa shape index (κ1) is 12.2. The zero-order valence-electron chi connectivity index (χ0n) is 9.87. The van der Waals surface area contributed by atoms with Crippen LogP contribution in [0.25, 0.3) is 0 Å². The smallest absolute Gasteiger partial charge is 0.306 e. The summed E-state index contributed by atoms with van der Waals surface area (Å²) in [6.07, 6.45) is 4.20. The van der Waals surface area contributed by atoms with E-state index in [-0.39, 0.29) is 11.4 Å². The summed E-state index contributed by atoms with van der Waals surface area (Å²) >= 11 is 1.98. The molecule has 0 spiro atoms. The Bertz CT molecular complexity index is 245. The molecule has 3 nitrogen and oxygen atoms in total. The van der Waals surface area contributed by atoms with Crippen molar-refractivity contribution in [1.82, 2.24) is 0 Å². The highest BCUT2D eigenvalue weighted by molar-refractivity contribution is 7.99. The normalized spacial score (nSPS) is 26.7. The Morgan fingerprint density at radius 1 is 1.56 bits per heavy atom. The quantitative estimate of drug-likeness (QED) is 0.670. The second-order valence-electron chi connectivity index (χ2n) is 5.00. The largest absolute Gasteiger partial charge is 0.469 e. The third-order valence-electron chi connectivity index (χ3n) is 3.49. The first-order chi connectivity index (χ1) is 7.74. The van der Waals surface area contributed by atoms with Gasteiger partial charge in [0.2, 0.25) is 0 Å². The fraction of sp³-hybridized carbons (Fsp3) is 0.917. The number of thioether (sulfide) groups is 1. The minimum atomic E-state index is -0.0534. The van der Waals surface area contributed by atoms with Gasteiger partial charge in [0, 0.05) is 6.61 Å². The Balaban J connectivity index is 1.63. The summed E-state index contributed by atoms with van der Waals surface area (Å²) in [4.78, 5) is 11.2. The highest BCUT2D eigenvalue weighted by atomic mass is 32.2. The predicted octanol–water partition coefficient (Wildman–Crippen LogP) is 2.10. The minimum Gasteiger partial charge on any atom is -0.469 e. The predicted molar refractivity (Wildman–Crippen MR) is 64.6 cm³/mol. The van der Waals surface area contributed by atoms with Crippen molar-refractivity contribution in [2.45, 2.75) is 25.7 Å². The topological polar surface area (TPSA) is 35.5 Å². The fourth-order valence-electron chi connectivity index (χ4n) is 2.08. The molecule has 2 fully saturated rings. The molecule has 0 aromatic heterocycles. The maximum Gasteiger partial charge on any atom is 0.306 e. The van der Waals surface area contributed by atoms with E-state index in [2.05, 4.69) is 0 Å². The van der Waals surface area contributed by atoms with Crippen LogP contribution in [0.3, 0.4) is 0 Å². The van der Waals surface area contributed by atoms with Gasteiger partial charge >= 0.3 is 5.97 Å². The summed E-state index contributed by atoms with van der Waals surface area (Å²) in [7, 11) is 1.47. The van der Waals surface area contributed by atoms with Crippen LogP contribution >= 0.6 is 11.8 Å². The van der Waals surface area contributed by atoms with Crippen LogP contribution in [0.15, 0.2) is 0 Å². The van der Waals surface area contributed by atoms with Crippen LogP contribution in [0.4, 0.5) is 0 Å². The number of ether oxygens (including phenoxy) is 2. The molecular formula is C12H20O3S. The van der Waals surface area contributed by atoms with Crippen molar-refractivity contribution in [3.63, 3.8) is 0 Å². The van der Waals surface area contributed by atoms with Crippen LogP contribution in [0.2, 0.25) is 0 Å². The third kappa shape index (κ3) is 3.39. The van der Waals surface area contributed by atoms with Crippen molar-refractivity contribution in [3.05, 3.63) is 0 Å². The van der Waals surface area contributed by atoms with Gasteiger partial charge < -0.3 is 9.47 Å². The molecule has 0 N–H and O–H groups in total. The number of hydrogen-bond donors (Lipinski definition) is 0. The molecule has 1 aliphatic heterocycles. The molecule has 0 radical (unpaired) electrons. The average Bonchev–Trinajstić information content (AvgIpc) is 2.83. The van der Waals surface area contributed by atoms with Crippen LogP contribution in [0.5, 0.6) is 0 Å². The van der Waals surface area contributed by atoms with Gasteiger partial charge in [0.1, 0.15) is 0 Å². The van der Waals surface area contributed by atoms with Gasteiger partial charge in [-0.1, -0.05) is 0 Å². The van der Waals surface area contributed by atoms with E-state index in [1.54, 1.807) is 0 Å². The standard InChI is InChI=1S/C12H20O3S/c1-14-11(13)6-12(3-4-12)9-16-8-10-2-5-15-7-10/h10H,2-9H2,1H3. The number of esters is 1. The molecule has 4 heteroatoms. The van der Waals surface area contributed by atoms with Crippen LogP contribution in [-0.4, -0.2) is 37.8 Å². The zero-order valence-corrected chi connectivity index (χ0v) is 10.7. The molecule has 0 aromatic carbocycles. The van der Waals surface area contributed by atoms with Crippen LogP contribution in [0, 0.1) is 11.3 Å². The number of hydrogen-bond acceptors (Lipinski definition) is 4. The zero-order chi connectivity index (χ0) is 11.4. The molecule has 0 amide bonds. The monoisotopic (exact) mass is 244 g/mol. The Morgan fingerprint density at radius 3 is 2.94 bits per heavy atom. The highest BCUT2D eigenvalue weighted by Crippen LogP contribution is 2.51. The van der Waals surface area contributed by atoms with E-state index in [9.17, 15) is 4.79 Å². The molecule has 1 atom stereocenters. The third-order valence-corrected chi connectivity index (χ3v) is 5.01. The molecule has 0 bridgehead atoms. The SMILES string of the molecule is COC(=O)CC1(CSCC2CCOC2)CC1. The highest BCUT2D eigenvalue weighted by Gasteiger charge is 2.44. The van der Waals surface area contributed by atoms with Crippen molar-refractivity contribution in [3.8, 4) is 0 Å². The van der Waals surface area contributed by atoms with Gasteiger partial charge in [0.05, 0.1) is 20.1 Å². The molecule has 1 unspecified atom stereocenters. The lowest BCUT2D eigenvalue weighted by atomic mass is 10.1. The van der Waals surface area contributed by atoms with Gasteiger partial charge in [0.15, 0.2) is 0 Å². The van der Waals surface area contributed by atoms with E-state index in [0.29, 0.717) is 6.42 Å². The Morgan fingerprint density at radius 2 is 2.38 bits per heavy atom. The number of methoxy groups -OCH3 is 1. The number of rotatable bonds is 6. The van der Waals surface area contributed by atoms with E-state index >= 15 is 0 Å². The molecule has 0 aromatic rings. The summed E-state index contributed by atoms with van der Waals surface area (Å²) in [6, 6.07) is 0. The van der Waals surface area contributed by atoms with Crippen molar-refractivity contribution in [1.29, 1.82) is 0 Å². The molecule has 16 heavy (non-hydrogen) atoms. The summed E-state index contributed by atoms with van der Waals surface area (Å²) < 4.78 is 10.1. The minimum absolute atomic E-state index is 0.0534. The van der Waals surface area contributed by atoms with Crippen LogP contribution in [0.1, 0.15) is 25.7 Å². The summed E-state index contributed by atoms with van der Waals surface area (Å²) in [6.45, 7) is 1.86. The molecule has 2 rings (SSSR count). The van der Waals surface area contributed by atoms with Gasteiger partial charge in [-0.05, 0) is 42.1 Å². The Labute approximate surface area is 101 Å². The van der Waals surface area contributed by atoms with E-state index in [4.69, 9.17) is 9.47 Å². The molecule has 1 saturated heterocycles. The van der Waals surface area contributed by atoms with Crippen LogP contribution < -0.4 is 0 Å². The molecule has 2 aliphatic rings. The molecule has 92 valence electrons. The average molecular weight is 244 g/mol. The van der Waals surface area contributed by atoms with Gasteiger partial charge in [-0.25, -0.2) is 0 Å². The molecule has 1 saturated carbocycles. The lowest BCUT2D eigenvalue weighted by Gasteiger charge is -2.14. The second-order valence-corrected chi connectivity index (χ2v) is 6.03. The van der Waals surface area contributed by atoms with Crippen molar-refractivity contribution >= 4 is 17.7 Å². The van der Waals surface area contributed by atoms with E-state index in [1.165, 1.54) is 32.1 Å². The van der Waals surface area contributed by atoms with E-state index in [0.717, 1.165) is 24.9 Å². The van der Waals surface area contributed by atoms with Gasteiger partial charge in [-0.15, -0.1) is 0 Å². The summed E-state index contributed by atoms with van der Waals surface area (Å²) in [5.74, 6) is 2.97. The maximum absolute atomic E-state index is 11.2. The lowest BCUT2D eigenvalue weighted by molar-refractivity contribution is -0.141. The number of carbonyl (C=O) groups is 1. The van der Waals surface area contributed by atoms with Gasteiger partial charge in [0.25, 0.3) is 0 Å². The second kappa shape index (κ2) is 5.41. The molecular weight excluding hydrogens is 224 g/mol. The summed E-state index contributed by atoms with van der Waals surface area (Å²) in [5.41, 5.74) is 0.275. The van der Waals surface area contributed by atoms with Crippen molar-refractivity contribution in [2.24, 2.45) is 11.3 Å². The Hall–Kier alpha value is -0.220. The number of carbonyl (C=O) groups excluding carboxylic acids is 1. The molecule has 1 heterocycles. The van der Waals surface area contributed by atoms with Crippen molar-refractivity contribution in [2.75, 3.05) is 31.8 Å². The first-order valence-corrected chi connectivity index (χ1v) is 7.12. The fourth-order valence-corrected chi connectivity index (χ4v) is 3.62. The van der Waals surface area contributed by atoms with Gasteiger partial charge in [-0.2, -0.15) is 11.8 Å². The van der Waals surface area contributed by atoms with Crippen molar-refractivity contribution < 1.29 is 14.3 Å². The van der Waals surface area contributed by atoms with E-state index in [1.807, 2.05) is 11.8 Å². The van der Waals surface area contributed by atoms with E-state index < -0.39 is 0 Å². The Kier molecular flexibility index (Phi) is 4.14. The van der Waals surface area contributed by atoms with Crippen LogP contribution in [-0.2, 0) is 14.3 Å². The summed E-state index contributed by atoms with van der Waals surface area (Å²) in [5, 5.41) is 0. The first-order valence-electron chi connectivity index (χ1n) is 5.96. The maximum atomic E-state index is 11.2. The molecule has 1 aliphatic carbocycles. The lowest BCUT2D eigenvalue weighted by Crippen LogP contribution is -2.14.